The molecule has 0 saturated heterocycles. The van der Waals surface area contributed by atoms with E-state index in [1.165, 1.54) is 24.9 Å². The Labute approximate surface area is 76.0 Å². The summed E-state index contributed by atoms with van der Waals surface area (Å²) in [6, 6.07) is 0. The normalized spacial score (nSPS) is 16.5. The predicted octanol–water partition coefficient (Wildman–Crippen LogP) is 4.00. The Morgan fingerprint density at radius 2 is 1.82 bits per heavy atom. The molecule has 2 unspecified atom stereocenters. The summed E-state index contributed by atoms with van der Waals surface area (Å²) in [6.45, 7) is 8.70. The van der Waals surface area contributed by atoms with Crippen molar-refractivity contribution in [3.63, 3.8) is 0 Å². The van der Waals surface area contributed by atoms with Crippen molar-refractivity contribution >= 4 is 23.2 Å². The van der Waals surface area contributed by atoms with Gasteiger partial charge in [-0.05, 0) is 0 Å². The predicted molar refractivity (Wildman–Crippen MR) is 67.1 cm³/mol. The molecular weight excluding hydrogens is 189 g/mol. The molecule has 0 N–H and O–H groups in total. The number of rotatable bonds is 5. The second-order valence-corrected chi connectivity index (χ2v) is 18.4. The van der Waals surface area contributed by atoms with E-state index in [4.69, 9.17) is 0 Å². The van der Waals surface area contributed by atoms with Crippen molar-refractivity contribution in [3.05, 3.63) is 0 Å². The molecule has 0 fully saturated rings. The molecule has 70 valence electrons. The zero-order valence-corrected chi connectivity index (χ0v) is 11.4. The van der Waals surface area contributed by atoms with E-state index in [9.17, 15) is 0 Å². The summed E-state index contributed by atoms with van der Waals surface area (Å²) >= 11 is 0. The van der Waals surface area contributed by atoms with Crippen molar-refractivity contribution in [3.8, 4) is 0 Å². The maximum absolute atomic E-state index is 3.24. The van der Waals surface area contributed by atoms with Crippen molar-refractivity contribution in [1.82, 2.24) is 0 Å². The van der Waals surface area contributed by atoms with Crippen molar-refractivity contribution in [2.45, 2.75) is 27.2 Å². The van der Waals surface area contributed by atoms with Gasteiger partial charge in [0.2, 0.25) is 0 Å². The van der Waals surface area contributed by atoms with E-state index in [0.29, 0.717) is 7.61 Å². The van der Waals surface area contributed by atoms with Crippen LogP contribution in [0.25, 0.3) is 0 Å². The van der Waals surface area contributed by atoms with Crippen LogP contribution in [-0.2, 0) is 0 Å². The first-order valence-electron chi connectivity index (χ1n) is 4.60. The van der Waals surface area contributed by atoms with E-state index < -0.39 is 6.64 Å². The zero-order chi connectivity index (χ0) is 8.91. The van der Waals surface area contributed by atoms with Crippen LogP contribution >= 0.6 is 23.2 Å². The van der Waals surface area contributed by atoms with Crippen LogP contribution in [0.15, 0.2) is 0 Å². The molecule has 0 bridgehead atoms. The monoisotopic (exact) mass is 212 g/mol. The van der Waals surface area contributed by atoms with Crippen LogP contribution in [0.1, 0.15) is 27.2 Å². The summed E-state index contributed by atoms with van der Waals surface area (Å²) in [5.74, 6) is 0. The Bertz CT molecular complexity index is 106. The third-order valence-corrected chi connectivity index (χ3v) is 20.8. The molecule has 0 saturated carbocycles. The zero-order valence-electron chi connectivity index (χ0n) is 8.35. The molecule has 2 atom stereocenters. The fourth-order valence-corrected chi connectivity index (χ4v) is 12.0. The van der Waals surface area contributed by atoms with Gasteiger partial charge in [0.25, 0.3) is 0 Å². The third-order valence-electron chi connectivity index (χ3n) is 2.53. The summed E-state index contributed by atoms with van der Waals surface area (Å²) in [5.41, 5.74) is 0. The average molecular weight is 212 g/mol. The molecule has 0 aromatic heterocycles. The molecule has 0 spiro atoms. The second-order valence-electron chi connectivity index (χ2n) is 3.22. The number of hydrogen-bond acceptors (Lipinski definition) is 0. The molecule has 0 aliphatic heterocycles. The van der Waals surface area contributed by atoms with Crippen LogP contribution in [0.2, 0.25) is 0 Å². The molecule has 0 aliphatic rings. The fraction of sp³-hybridized carbons (Fsp3) is 1.00. The SMILES string of the molecule is CCC[PH](P)(CC)P(C)CC. The molecule has 0 aromatic carbocycles. The van der Waals surface area contributed by atoms with Crippen molar-refractivity contribution < 1.29 is 0 Å². The van der Waals surface area contributed by atoms with E-state index in [0.717, 1.165) is 0 Å². The van der Waals surface area contributed by atoms with Crippen LogP contribution < -0.4 is 0 Å². The second kappa shape index (κ2) is 5.85. The van der Waals surface area contributed by atoms with Crippen LogP contribution in [0.5, 0.6) is 0 Å². The fourth-order valence-electron chi connectivity index (χ4n) is 1.39. The molecule has 0 amide bonds. The van der Waals surface area contributed by atoms with Crippen molar-refractivity contribution in [2.24, 2.45) is 0 Å². The molecule has 11 heavy (non-hydrogen) atoms. The molecule has 0 heterocycles. The van der Waals surface area contributed by atoms with E-state index in [2.05, 4.69) is 36.4 Å². The van der Waals surface area contributed by atoms with Gasteiger partial charge in [0.05, 0.1) is 0 Å². The first-order valence-corrected chi connectivity index (χ1v) is 11.6. The molecule has 0 rings (SSSR count). The number of hydrogen-bond donors (Lipinski definition) is 0. The van der Waals surface area contributed by atoms with Crippen molar-refractivity contribution in [1.29, 1.82) is 0 Å². The molecule has 0 radical (unpaired) electrons. The Hall–Kier alpha value is 1.29. The van der Waals surface area contributed by atoms with E-state index >= 15 is 0 Å². The van der Waals surface area contributed by atoms with Gasteiger partial charge in [0.15, 0.2) is 0 Å². The summed E-state index contributed by atoms with van der Waals surface area (Å²) in [6.07, 6.45) is 5.79. The van der Waals surface area contributed by atoms with Gasteiger partial charge in [-0.15, -0.1) is 0 Å². The minimum absolute atomic E-state index is 0.372. The van der Waals surface area contributed by atoms with Gasteiger partial charge in [0, 0.05) is 0 Å². The van der Waals surface area contributed by atoms with E-state index in [1.807, 2.05) is 0 Å². The van der Waals surface area contributed by atoms with Gasteiger partial charge in [-0.3, -0.25) is 0 Å². The standard InChI is InChI=1S/C8H23P3/c1-5-8-11(9,7-3)10(4)6-2/h11H,5-9H2,1-4H3. The van der Waals surface area contributed by atoms with Gasteiger partial charge >= 0.3 is 75.5 Å². The summed E-state index contributed by atoms with van der Waals surface area (Å²) in [5, 5.41) is 0. The maximum atomic E-state index is 3.24. The van der Waals surface area contributed by atoms with Crippen LogP contribution in [0.4, 0.5) is 0 Å². The van der Waals surface area contributed by atoms with Crippen LogP contribution in [-0.4, -0.2) is 25.2 Å². The third kappa shape index (κ3) is 3.67. The average Bonchev–Trinajstić information content (AvgIpc) is 2.03. The van der Waals surface area contributed by atoms with Crippen molar-refractivity contribution in [2.75, 3.05) is 25.2 Å². The molecule has 0 nitrogen and oxygen atoms in total. The Morgan fingerprint density at radius 3 is 2.09 bits per heavy atom. The summed E-state index contributed by atoms with van der Waals surface area (Å²) in [7, 11) is 3.61. The Kier molecular flexibility index (Phi) is 6.54. The Morgan fingerprint density at radius 1 is 1.27 bits per heavy atom. The molecule has 0 aromatic rings. The summed E-state index contributed by atoms with van der Waals surface area (Å²) < 4.78 is 0. The van der Waals surface area contributed by atoms with Gasteiger partial charge in [-0.1, -0.05) is 0 Å². The van der Waals surface area contributed by atoms with Gasteiger partial charge < -0.3 is 0 Å². The topological polar surface area (TPSA) is 0 Å². The first kappa shape index (κ1) is 12.3. The van der Waals surface area contributed by atoms with Crippen LogP contribution in [0, 0.1) is 0 Å². The summed E-state index contributed by atoms with van der Waals surface area (Å²) in [4.78, 5) is 0. The first-order chi connectivity index (χ1) is 5.10. The van der Waals surface area contributed by atoms with E-state index in [-0.39, 0.29) is 0 Å². The van der Waals surface area contributed by atoms with Crippen LogP contribution in [0.3, 0.4) is 0 Å². The van der Waals surface area contributed by atoms with E-state index in [1.54, 1.807) is 0 Å². The quantitative estimate of drug-likeness (QED) is 0.604. The Balaban J connectivity index is 4.07. The molecule has 0 aliphatic carbocycles. The van der Waals surface area contributed by atoms with Gasteiger partial charge in [-0.25, -0.2) is 0 Å². The molecule has 3 heteroatoms. The van der Waals surface area contributed by atoms with Gasteiger partial charge in [0.1, 0.15) is 0 Å². The molecular formula is C8H23P3. The van der Waals surface area contributed by atoms with Gasteiger partial charge in [-0.2, -0.15) is 0 Å². The minimum atomic E-state index is -0.845.